The molecular weight excluding hydrogens is 586 g/mol. The molecule has 3 aromatic rings. The maximum Gasteiger partial charge on any atom is 0.262 e. The van der Waals surface area contributed by atoms with E-state index in [1.165, 1.54) is 18.7 Å². The summed E-state index contributed by atoms with van der Waals surface area (Å²) >= 11 is 3.47. The molecule has 2 atom stereocenters. The number of pyridine rings is 1. The number of ketones is 2. The van der Waals surface area contributed by atoms with Crippen LogP contribution in [0.15, 0.2) is 24.1 Å². The number of Topliss-reactive ketones (excluding diaryl/α,β-unsaturated/α-hetero) is 2. The van der Waals surface area contributed by atoms with Crippen LogP contribution >= 0.6 is 15.9 Å². The zero-order valence-corrected chi connectivity index (χ0v) is 23.6. The fourth-order valence-electron chi connectivity index (χ4n) is 6.35. The van der Waals surface area contributed by atoms with Gasteiger partial charge in [0, 0.05) is 39.5 Å². The molecule has 6 rings (SSSR count). The van der Waals surface area contributed by atoms with Gasteiger partial charge in [-0.1, -0.05) is 13.3 Å². The van der Waals surface area contributed by atoms with Gasteiger partial charge in [0.1, 0.15) is 28.6 Å². The fraction of sp³-hybridized carbons (Fsp3) is 0.379. The predicted octanol–water partition coefficient (Wildman–Crippen LogP) is 3.56. The van der Waals surface area contributed by atoms with E-state index < -0.39 is 40.5 Å². The molecule has 2 aromatic heterocycles. The molecule has 2 heterocycles. The molecule has 0 radical (unpaired) electrons. The lowest BCUT2D eigenvalue weighted by Gasteiger charge is -2.30. The maximum absolute atomic E-state index is 14.1. The molecule has 11 heteroatoms. The molecule has 208 valence electrons. The minimum Gasteiger partial charge on any atom is -0.506 e. The third-order valence-electron chi connectivity index (χ3n) is 8.25. The van der Waals surface area contributed by atoms with Crippen LogP contribution in [0.4, 0.5) is 0 Å². The van der Waals surface area contributed by atoms with Gasteiger partial charge in [0.05, 0.1) is 24.3 Å². The number of fused-ring (bicyclic) bond motifs is 5. The van der Waals surface area contributed by atoms with Crippen molar-refractivity contribution in [1.82, 2.24) is 4.57 Å². The number of phenolic OH excluding ortho intramolecular Hbond substituents is 1. The number of aromatic nitrogens is 1. The number of ether oxygens (including phenoxy) is 1. The van der Waals surface area contributed by atoms with Gasteiger partial charge in [-0.25, -0.2) is 0 Å². The second-order valence-corrected chi connectivity index (χ2v) is 11.2. The van der Waals surface area contributed by atoms with Gasteiger partial charge in [-0.05, 0) is 48.0 Å². The number of carbonyl (C=O) groups excluding carboxylic acids is 2. The highest BCUT2D eigenvalue weighted by molar-refractivity contribution is 9.10. The first-order valence-electron chi connectivity index (χ1n) is 13.1. The molecule has 0 bridgehead atoms. The number of carbonyl (C=O) groups is 2. The summed E-state index contributed by atoms with van der Waals surface area (Å²) < 4.78 is 13.3. The minimum atomic E-state index is -1.22. The van der Waals surface area contributed by atoms with Crippen molar-refractivity contribution in [3.8, 4) is 11.5 Å². The lowest BCUT2D eigenvalue weighted by molar-refractivity contribution is 0.0713. The molecule has 3 aliphatic carbocycles. The molecule has 40 heavy (non-hydrogen) atoms. The molecule has 0 aliphatic heterocycles. The summed E-state index contributed by atoms with van der Waals surface area (Å²) in [6, 6.07) is 0. The quantitative estimate of drug-likeness (QED) is 0.403. The Bertz CT molecular complexity index is 1850. The molecule has 3 N–H and O–H groups in total. The van der Waals surface area contributed by atoms with E-state index in [4.69, 9.17) is 9.15 Å². The first kappa shape index (κ1) is 26.7. The second-order valence-electron chi connectivity index (χ2n) is 10.4. The van der Waals surface area contributed by atoms with Crippen LogP contribution in [0.5, 0.6) is 11.5 Å². The van der Waals surface area contributed by atoms with Crippen molar-refractivity contribution in [1.29, 1.82) is 0 Å². The van der Waals surface area contributed by atoms with Gasteiger partial charge in [0.2, 0.25) is 11.2 Å². The highest BCUT2D eigenvalue weighted by atomic mass is 79.9. The molecule has 0 saturated heterocycles. The van der Waals surface area contributed by atoms with Crippen LogP contribution in [-0.4, -0.2) is 38.6 Å². The molecule has 3 aliphatic rings. The Morgan fingerprint density at radius 1 is 1.02 bits per heavy atom. The van der Waals surface area contributed by atoms with Gasteiger partial charge in [0.25, 0.3) is 5.56 Å². The normalized spacial score (nSPS) is 19.9. The van der Waals surface area contributed by atoms with Crippen molar-refractivity contribution >= 4 is 44.0 Å². The fourth-order valence-corrected chi connectivity index (χ4v) is 7.20. The van der Waals surface area contributed by atoms with E-state index in [2.05, 4.69) is 15.9 Å². The summed E-state index contributed by atoms with van der Waals surface area (Å²) in [7, 11) is 2.88. The average molecular weight is 612 g/mol. The van der Waals surface area contributed by atoms with Crippen LogP contribution in [0.25, 0.3) is 16.5 Å². The number of benzene rings is 1. The number of aliphatic hydroxyl groups excluding tert-OH is 2. The minimum absolute atomic E-state index is 0.0108. The Morgan fingerprint density at radius 3 is 2.40 bits per heavy atom. The summed E-state index contributed by atoms with van der Waals surface area (Å²) in [5, 5.41) is 32.3. The van der Waals surface area contributed by atoms with E-state index in [1.807, 2.05) is 6.92 Å². The van der Waals surface area contributed by atoms with Gasteiger partial charge in [0.15, 0.2) is 17.1 Å². The number of hydrogen-bond acceptors (Lipinski definition) is 9. The Hall–Kier alpha value is -3.54. The Labute approximate surface area is 235 Å². The van der Waals surface area contributed by atoms with Crippen LogP contribution in [0.2, 0.25) is 0 Å². The van der Waals surface area contributed by atoms with Crippen LogP contribution < -0.4 is 15.7 Å². The van der Waals surface area contributed by atoms with Crippen molar-refractivity contribution < 1.29 is 34.1 Å². The van der Waals surface area contributed by atoms with Crippen LogP contribution in [0, 0.1) is 0 Å². The van der Waals surface area contributed by atoms with Crippen molar-refractivity contribution in [3.63, 3.8) is 0 Å². The average Bonchev–Trinajstić information content (AvgIpc) is 2.93. The highest BCUT2D eigenvalue weighted by Gasteiger charge is 2.43. The Balaban J connectivity index is 1.70. The standard InChI is InChI=1S/C29H26BrNO9/c1-4-5-12-21(30)18-19(29(38)31(12)2)23(35)15-10(22(18)34)6-7-11-16(15)24(36)20-25(37)17-13(32)8-9-14(33)27(17)40-28(20)26(11)39-3/h13-14,32-33,36H,4-9H2,1-3H3/t13-,14-/m0/s1. The van der Waals surface area contributed by atoms with Crippen LogP contribution in [0.3, 0.4) is 0 Å². The van der Waals surface area contributed by atoms with Gasteiger partial charge in [-0.3, -0.25) is 19.2 Å². The van der Waals surface area contributed by atoms with E-state index in [-0.39, 0.29) is 81.6 Å². The first-order valence-corrected chi connectivity index (χ1v) is 13.9. The van der Waals surface area contributed by atoms with E-state index >= 15 is 0 Å². The summed E-state index contributed by atoms with van der Waals surface area (Å²) in [6.07, 6.45) is -0.539. The largest absolute Gasteiger partial charge is 0.506 e. The zero-order valence-electron chi connectivity index (χ0n) is 22.0. The smallest absolute Gasteiger partial charge is 0.262 e. The van der Waals surface area contributed by atoms with Gasteiger partial charge in [-0.15, -0.1) is 0 Å². The summed E-state index contributed by atoms with van der Waals surface area (Å²) in [6.45, 7) is 1.94. The third-order valence-corrected chi connectivity index (χ3v) is 9.10. The summed E-state index contributed by atoms with van der Waals surface area (Å²) in [5.74, 6) is -1.86. The maximum atomic E-state index is 14.1. The van der Waals surface area contributed by atoms with E-state index in [1.54, 1.807) is 0 Å². The first-order chi connectivity index (χ1) is 19.0. The number of hydrogen-bond donors (Lipinski definition) is 3. The second kappa shape index (κ2) is 9.25. The zero-order chi connectivity index (χ0) is 28.8. The molecule has 0 unspecified atom stereocenters. The van der Waals surface area contributed by atoms with E-state index in [0.29, 0.717) is 28.6 Å². The van der Waals surface area contributed by atoms with Crippen molar-refractivity contribution in [2.75, 3.05) is 7.11 Å². The number of allylic oxidation sites excluding steroid dienone is 2. The summed E-state index contributed by atoms with van der Waals surface area (Å²) in [4.78, 5) is 55.1. The number of aliphatic hydroxyl groups is 2. The third kappa shape index (κ3) is 3.34. The van der Waals surface area contributed by atoms with E-state index in [0.717, 1.165) is 0 Å². The molecule has 0 saturated carbocycles. The lowest BCUT2D eigenvalue weighted by Crippen LogP contribution is -2.36. The Kier molecular flexibility index (Phi) is 6.17. The molecule has 10 nitrogen and oxygen atoms in total. The van der Waals surface area contributed by atoms with Gasteiger partial charge < -0.3 is 29.0 Å². The number of nitrogens with zero attached hydrogens (tertiary/aromatic N) is 1. The predicted molar refractivity (Wildman–Crippen MR) is 147 cm³/mol. The number of rotatable bonds is 3. The molecule has 0 amide bonds. The van der Waals surface area contributed by atoms with Crippen LogP contribution in [0.1, 0.15) is 93.7 Å². The van der Waals surface area contributed by atoms with Gasteiger partial charge >= 0.3 is 0 Å². The molecule has 0 fully saturated rings. The topological polar surface area (TPSA) is 156 Å². The lowest BCUT2D eigenvalue weighted by atomic mass is 9.73. The summed E-state index contributed by atoms with van der Waals surface area (Å²) in [5.41, 5.74) is -1.14. The van der Waals surface area contributed by atoms with Crippen molar-refractivity contribution in [3.05, 3.63) is 69.9 Å². The van der Waals surface area contributed by atoms with Crippen molar-refractivity contribution in [2.45, 2.75) is 57.7 Å². The van der Waals surface area contributed by atoms with Gasteiger partial charge in [-0.2, -0.15) is 0 Å². The molecular formula is C29H26BrNO9. The Morgan fingerprint density at radius 2 is 1.73 bits per heavy atom. The van der Waals surface area contributed by atoms with Crippen molar-refractivity contribution in [2.24, 2.45) is 7.05 Å². The SMILES string of the molecule is CCCc1c(Br)c2c(c(=O)n1C)C(=O)C1=C(CCc3c1c(O)c1c(=O)c4c(oc1c3OC)[C@@H](O)CC[C@@H]4O)C2=O. The van der Waals surface area contributed by atoms with Crippen LogP contribution in [-0.2, 0) is 19.9 Å². The molecule has 0 spiro atoms. The number of phenols is 1. The number of halogens is 1. The monoisotopic (exact) mass is 611 g/mol. The number of methoxy groups -OCH3 is 1. The number of aromatic hydroxyl groups is 1. The highest BCUT2D eigenvalue weighted by Crippen LogP contribution is 2.51. The van der Waals surface area contributed by atoms with E-state index in [9.17, 15) is 34.5 Å². The molecule has 1 aromatic carbocycles.